The lowest BCUT2D eigenvalue weighted by Gasteiger charge is -2.22. The van der Waals surface area contributed by atoms with Gasteiger partial charge < -0.3 is 5.32 Å². The minimum Gasteiger partial charge on any atom is -0.394 e. The van der Waals surface area contributed by atoms with Gasteiger partial charge in [-0.25, -0.2) is 0 Å². The molecular weight excluding hydrogens is 843 g/mol. The van der Waals surface area contributed by atoms with E-state index < -0.39 is 0 Å². The van der Waals surface area contributed by atoms with E-state index in [-0.39, 0.29) is 5.92 Å². The van der Waals surface area contributed by atoms with Crippen LogP contribution in [0.15, 0.2) is 286 Å². The molecule has 0 aromatic heterocycles. The SMILES string of the molecule is C=C(\C(=C/C(=C(\C=C/C=C\CCC)c1ccccc1)c1cc(C/C=C/C=C\C=C/NC)cc(-c2ccccc2-c2ccccc2)c1)c1ccccc1)C1C=CC=CC1.C=CC(=C)c1ccccc1.CC. The second kappa shape index (κ2) is 30.4. The van der Waals surface area contributed by atoms with Crippen LogP contribution in [0.25, 0.3) is 44.5 Å². The van der Waals surface area contributed by atoms with Crippen LogP contribution in [0.1, 0.15) is 67.9 Å². The Morgan fingerprint density at radius 3 is 1.79 bits per heavy atom. The minimum atomic E-state index is 0.200. The highest BCUT2D eigenvalue weighted by atomic mass is 14.8. The predicted molar refractivity (Wildman–Crippen MR) is 311 cm³/mol. The molecule has 70 heavy (non-hydrogen) atoms. The molecule has 352 valence electrons. The fraction of sp³-hybridized carbons (Fsp3) is 0.130. The maximum atomic E-state index is 4.80. The predicted octanol–water partition coefficient (Wildman–Crippen LogP) is 18.9. The smallest absolute Gasteiger partial charge is 0.00559 e. The molecule has 1 aliphatic rings. The highest BCUT2D eigenvalue weighted by Crippen LogP contribution is 2.40. The molecule has 0 saturated heterocycles. The van der Waals surface area contributed by atoms with Crippen LogP contribution in [-0.2, 0) is 6.42 Å². The first-order valence-electron chi connectivity index (χ1n) is 24.7. The summed E-state index contributed by atoms with van der Waals surface area (Å²) in [4.78, 5) is 0. The minimum absolute atomic E-state index is 0.200. The fourth-order valence-electron chi connectivity index (χ4n) is 7.99. The second-order valence-electron chi connectivity index (χ2n) is 16.5. The van der Waals surface area contributed by atoms with E-state index in [9.17, 15) is 0 Å². The fourth-order valence-corrected chi connectivity index (χ4v) is 7.99. The normalized spacial score (nSPS) is 13.8. The number of unbranched alkanes of at least 4 members (excludes halogenated alkanes) is 1. The molecule has 0 heterocycles. The Hall–Kier alpha value is -8.00. The van der Waals surface area contributed by atoms with Crippen LogP contribution < -0.4 is 5.32 Å². The third kappa shape index (κ3) is 16.4. The lowest BCUT2D eigenvalue weighted by Crippen LogP contribution is -2.04. The second-order valence-corrected chi connectivity index (χ2v) is 16.5. The van der Waals surface area contributed by atoms with Crippen molar-refractivity contribution in [3.05, 3.63) is 314 Å². The highest BCUT2D eigenvalue weighted by Gasteiger charge is 2.19. The van der Waals surface area contributed by atoms with Crippen LogP contribution in [0.5, 0.6) is 0 Å². The molecule has 0 amide bonds. The zero-order chi connectivity index (χ0) is 49.6. The maximum Gasteiger partial charge on any atom is 0.00559 e. The molecule has 1 nitrogen and oxygen atoms in total. The van der Waals surface area contributed by atoms with E-state index in [1.165, 1.54) is 27.8 Å². The van der Waals surface area contributed by atoms with Gasteiger partial charge in [-0.2, -0.15) is 0 Å². The van der Waals surface area contributed by atoms with Crippen molar-refractivity contribution in [2.24, 2.45) is 5.92 Å². The van der Waals surface area contributed by atoms with Crippen LogP contribution >= 0.6 is 0 Å². The molecule has 1 N–H and O–H groups in total. The Labute approximate surface area is 421 Å². The van der Waals surface area contributed by atoms with Crippen molar-refractivity contribution < 1.29 is 0 Å². The number of allylic oxidation sites excluding steroid dienone is 20. The van der Waals surface area contributed by atoms with Crippen LogP contribution in [0, 0.1) is 5.92 Å². The molecule has 0 radical (unpaired) electrons. The number of rotatable bonds is 19. The Morgan fingerprint density at radius 1 is 0.586 bits per heavy atom. The summed E-state index contributed by atoms with van der Waals surface area (Å²) in [5.41, 5.74) is 16.1. The standard InChI is InChI=1S/C57H55N.C10H10.C2H6/c1-4-5-6-8-24-37-54(49-33-20-13-21-34-49)57(44-56(50-35-22-14-23-36-50)45(2)47-29-16-11-17-30-47)52-42-46(28-15-9-7-10-27-40-58-3)41-51(43-52)55-39-26-25-38-53(55)48-31-18-12-19-32-48;1-3-9(2)10-7-5-4-6-8-10;1-2/h6-27,29,31-44,47,58H,2,4-5,28,30H2,1,3H3;3-8H,1-2H2;1-2H3/b8-6-,10-7-,15-9+,37-24-,40-27-,56-44+,57-54-;;. The molecule has 1 atom stereocenters. The first kappa shape index (κ1) is 53.0. The summed E-state index contributed by atoms with van der Waals surface area (Å²) in [7, 11) is 1.91. The van der Waals surface area contributed by atoms with Crippen molar-refractivity contribution in [3.8, 4) is 22.3 Å². The summed E-state index contributed by atoms with van der Waals surface area (Å²) in [6, 6.07) is 58.2. The van der Waals surface area contributed by atoms with Gasteiger partial charge in [0.1, 0.15) is 0 Å². The zero-order valence-electron chi connectivity index (χ0n) is 41.9. The van der Waals surface area contributed by atoms with Gasteiger partial charge in [0.25, 0.3) is 0 Å². The molecule has 1 unspecified atom stereocenters. The monoisotopic (exact) mass is 914 g/mol. The van der Waals surface area contributed by atoms with Crippen molar-refractivity contribution in [1.82, 2.24) is 5.32 Å². The molecule has 1 heteroatoms. The van der Waals surface area contributed by atoms with E-state index in [0.29, 0.717) is 0 Å². The summed E-state index contributed by atoms with van der Waals surface area (Å²) in [6.07, 6.45) is 38.2. The Morgan fingerprint density at radius 2 is 1.17 bits per heavy atom. The Kier molecular flexibility index (Phi) is 23.0. The van der Waals surface area contributed by atoms with E-state index in [0.717, 1.165) is 75.8 Å². The van der Waals surface area contributed by atoms with Crippen molar-refractivity contribution in [3.63, 3.8) is 0 Å². The average molecular weight is 914 g/mol. The van der Waals surface area contributed by atoms with E-state index >= 15 is 0 Å². The van der Waals surface area contributed by atoms with Gasteiger partial charge >= 0.3 is 0 Å². The first-order chi connectivity index (χ1) is 34.5. The molecule has 6 aromatic carbocycles. The molecule has 0 bridgehead atoms. The average Bonchev–Trinajstić information content (AvgIpc) is 3.43. The number of nitrogens with one attached hydrogen (secondary N) is 1. The van der Waals surface area contributed by atoms with Gasteiger partial charge in [0.2, 0.25) is 0 Å². The van der Waals surface area contributed by atoms with Crippen LogP contribution in [0.2, 0.25) is 0 Å². The highest BCUT2D eigenvalue weighted by molar-refractivity contribution is 6.05. The van der Waals surface area contributed by atoms with E-state index in [4.69, 9.17) is 6.58 Å². The molecule has 0 saturated carbocycles. The van der Waals surface area contributed by atoms with Gasteiger partial charge in [-0.3, -0.25) is 0 Å². The summed E-state index contributed by atoms with van der Waals surface area (Å²) >= 11 is 0. The Balaban J connectivity index is 0.000000670. The molecular formula is C69H71N. The molecule has 1 aliphatic carbocycles. The lowest BCUT2D eigenvalue weighted by atomic mass is 9.82. The molecule has 7 rings (SSSR count). The Bertz CT molecular complexity index is 2840. The van der Waals surface area contributed by atoms with Crippen LogP contribution in [-0.4, -0.2) is 7.05 Å². The van der Waals surface area contributed by atoms with E-state index in [2.05, 4.69) is 232 Å². The number of hydrogen-bond donors (Lipinski definition) is 1. The maximum absolute atomic E-state index is 4.80. The van der Waals surface area contributed by atoms with Gasteiger partial charge in [0.05, 0.1) is 0 Å². The molecule has 0 spiro atoms. The quantitative estimate of drug-likeness (QED) is 0.0631. The molecule has 6 aromatic rings. The molecule has 0 aliphatic heterocycles. The van der Waals surface area contributed by atoms with Crippen molar-refractivity contribution in [2.45, 2.75) is 46.5 Å². The lowest BCUT2D eigenvalue weighted by molar-refractivity contribution is 0.794. The topological polar surface area (TPSA) is 12.0 Å². The summed E-state index contributed by atoms with van der Waals surface area (Å²) in [5, 5.41) is 3.05. The van der Waals surface area contributed by atoms with Crippen molar-refractivity contribution >= 4 is 22.3 Å². The van der Waals surface area contributed by atoms with E-state index in [1.54, 1.807) is 6.08 Å². The van der Waals surface area contributed by atoms with Crippen molar-refractivity contribution in [2.75, 3.05) is 7.05 Å². The summed E-state index contributed by atoms with van der Waals surface area (Å²) in [5.74, 6) is 0.200. The van der Waals surface area contributed by atoms with Gasteiger partial charge in [-0.1, -0.05) is 284 Å². The van der Waals surface area contributed by atoms with Gasteiger partial charge in [-0.05, 0) is 122 Å². The van der Waals surface area contributed by atoms with Crippen LogP contribution in [0.3, 0.4) is 0 Å². The van der Waals surface area contributed by atoms with Crippen LogP contribution in [0.4, 0.5) is 0 Å². The first-order valence-corrected chi connectivity index (χ1v) is 24.7. The molecule has 0 fully saturated rings. The zero-order valence-corrected chi connectivity index (χ0v) is 41.9. The van der Waals surface area contributed by atoms with Gasteiger partial charge in [0.15, 0.2) is 0 Å². The number of hydrogen-bond acceptors (Lipinski definition) is 1. The largest absolute Gasteiger partial charge is 0.394 e. The third-order valence-corrected chi connectivity index (χ3v) is 11.6. The van der Waals surface area contributed by atoms with Gasteiger partial charge in [-0.15, -0.1) is 0 Å². The van der Waals surface area contributed by atoms with Gasteiger partial charge in [0, 0.05) is 13.0 Å². The van der Waals surface area contributed by atoms with Crippen molar-refractivity contribution in [1.29, 1.82) is 0 Å². The van der Waals surface area contributed by atoms with E-state index in [1.807, 2.05) is 69.6 Å². The third-order valence-electron chi connectivity index (χ3n) is 11.6. The summed E-state index contributed by atoms with van der Waals surface area (Å²) < 4.78 is 0. The summed E-state index contributed by atoms with van der Waals surface area (Å²) in [6.45, 7) is 18.5. The number of benzene rings is 6.